The van der Waals surface area contributed by atoms with Crippen molar-refractivity contribution in [1.29, 1.82) is 0 Å². The summed E-state index contributed by atoms with van der Waals surface area (Å²) in [6.45, 7) is 4.58. The first-order valence-electron chi connectivity index (χ1n) is 5.87. The van der Waals surface area contributed by atoms with Crippen molar-refractivity contribution < 1.29 is 13.2 Å². The summed E-state index contributed by atoms with van der Waals surface area (Å²) in [7, 11) is -1.69. The normalized spacial score (nSPS) is 13.3. The van der Waals surface area contributed by atoms with E-state index in [0.29, 0.717) is 13.2 Å². The van der Waals surface area contributed by atoms with Crippen LogP contribution in [0.3, 0.4) is 0 Å². The highest BCUT2D eigenvalue weighted by atomic mass is 32.2. The fourth-order valence-electron chi connectivity index (χ4n) is 1.46. The van der Waals surface area contributed by atoms with Crippen molar-refractivity contribution in [1.82, 2.24) is 4.72 Å². The number of hydrogen-bond acceptors (Lipinski definition) is 4. The van der Waals surface area contributed by atoms with Crippen LogP contribution in [0, 0.1) is 0 Å². The monoisotopic (exact) mass is 272 g/mol. The Labute approximate surface area is 109 Å². The molecule has 6 heteroatoms. The third-order valence-electron chi connectivity index (χ3n) is 2.38. The Bertz CT molecular complexity index is 457. The van der Waals surface area contributed by atoms with Crippen molar-refractivity contribution >= 4 is 15.7 Å². The number of nitrogens with one attached hydrogen (secondary N) is 2. The summed E-state index contributed by atoms with van der Waals surface area (Å²) in [5.41, 5.74) is 0.872. The molecule has 0 aliphatic heterocycles. The second-order valence-electron chi connectivity index (χ2n) is 3.96. The van der Waals surface area contributed by atoms with Gasteiger partial charge in [0.05, 0.1) is 11.5 Å². The molecule has 18 heavy (non-hydrogen) atoms. The maximum absolute atomic E-state index is 12.0. The summed E-state index contributed by atoms with van der Waals surface area (Å²) in [6, 6.07) is 6.34. The molecular formula is C12H20N2O3S. The van der Waals surface area contributed by atoms with Crippen molar-refractivity contribution in [2.24, 2.45) is 0 Å². The molecule has 0 amide bonds. The van der Waals surface area contributed by atoms with Crippen LogP contribution in [0.15, 0.2) is 29.2 Å². The molecular weight excluding hydrogens is 252 g/mol. The quantitative estimate of drug-likeness (QED) is 0.788. The third kappa shape index (κ3) is 4.29. The van der Waals surface area contributed by atoms with Crippen LogP contribution in [0.5, 0.6) is 0 Å². The molecule has 0 aliphatic carbocycles. The van der Waals surface area contributed by atoms with Crippen LogP contribution in [0.25, 0.3) is 0 Å². The summed E-state index contributed by atoms with van der Waals surface area (Å²) in [4.78, 5) is 0.254. The Kier molecular flexibility index (Phi) is 5.58. The van der Waals surface area contributed by atoms with E-state index >= 15 is 0 Å². The maximum Gasteiger partial charge on any atom is 0.240 e. The second kappa shape index (κ2) is 6.72. The molecule has 1 atom stereocenters. The lowest BCUT2D eigenvalue weighted by molar-refractivity contribution is 0.133. The molecule has 5 nitrogen and oxygen atoms in total. The van der Waals surface area contributed by atoms with Crippen molar-refractivity contribution in [2.45, 2.75) is 24.8 Å². The minimum absolute atomic E-state index is 0.251. The van der Waals surface area contributed by atoms with Gasteiger partial charge < -0.3 is 10.1 Å². The predicted octanol–water partition coefficient (Wildman–Crippen LogP) is 1.43. The molecule has 1 aromatic carbocycles. The average molecular weight is 272 g/mol. The van der Waals surface area contributed by atoms with E-state index in [4.69, 9.17) is 4.74 Å². The van der Waals surface area contributed by atoms with Gasteiger partial charge in [0, 0.05) is 25.4 Å². The Morgan fingerprint density at radius 2 is 1.89 bits per heavy atom. The van der Waals surface area contributed by atoms with E-state index in [-0.39, 0.29) is 10.9 Å². The molecule has 0 radical (unpaired) electrons. The van der Waals surface area contributed by atoms with Gasteiger partial charge >= 0.3 is 0 Å². The third-order valence-corrected chi connectivity index (χ3v) is 3.99. The van der Waals surface area contributed by atoms with E-state index in [1.165, 1.54) is 0 Å². The lowest BCUT2D eigenvalue weighted by atomic mass is 10.3. The van der Waals surface area contributed by atoms with Crippen LogP contribution in [0.4, 0.5) is 5.69 Å². The van der Waals surface area contributed by atoms with E-state index in [1.807, 2.05) is 6.92 Å². The molecule has 0 saturated carbocycles. The highest BCUT2D eigenvalue weighted by Gasteiger charge is 2.16. The van der Waals surface area contributed by atoms with Crippen LogP contribution in [-0.4, -0.2) is 34.7 Å². The number of sulfonamides is 1. The summed E-state index contributed by atoms with van der Waals surface area (Å²) in [6.07, 6.45) is 0. The lowest BCUT2D eigenvalue weighted by Gasteiger charge is -2.14. The zero-order valence-corrected chi connectivity index (χ0v) is 11.8. The largest absolute Gasteiger partial charge is 0.388 e. The minimum Gasteiger partial charge on any atom is -0.388 e. The Morgan fingerprint density at radius 3 is 2.39 bits per heavy atom. The second-order valence-corrected chi connectivity index (χ2v) is 5.67. The SMILES string of the molecule is CCOCC(C)NS(=O)(=O)c1ccc(NC)cc1. The van der Waals surface area contributed by atoms with Crippen LogP contribution >= 0.6 is 0 Å². The predicted molar refractivity (Wildman–Crippen MR) is 72.3 cm³/mol. The highest BCUT2D eigenvalue weighted by molar-refractivity contribution is 7.89. The van der Waals surface area contributed by atoms with Crippen LogP contribution in [0.2, 0.25) is 0 Å². The number of benzene rings is 1. The average Bonchev–Trinajstić information content (AvgIpc) is 2.36. The molecule has 1 aromatic rings. The van der Waals surface area contributed by atoms with E-state index in [2.05, 4.69) is 10.0 Å². The Morgan fingerprint density at radius 1 is 1.28 bits per heavy atom. The van der Waals surface area contributed by atoms with E-state index in [1.54, 1.807) is 38.2 Å². The standard InChI is InChI=1S/C12H20N2O3S/c1-4-17-9-10(2)14-18(15,16)12-7-5-11(13-3)6-8-12/h5-8,10,13-14H,4,9H2,1-3H3. The van der Waals surface area contributed by atoms with Gasteiger partial charge in [0.1, 0.15) is 0 Å². The van der Waals surface area contributed by atoms with Gasteiger partial charge in [0.15, 0.2) is 0 Å². The molecule has 2 N–H and O–H groups in total. The number of hydrogen-bond donors (Lipinski definition) is 2. The van der Waals surface area contributed by atoms with E-state index in [9.17, 15) is 8.42 Å². The van der Waals surface area contributed by atoms with Crippen LogP contribution in [-0.2, 0) is 14.8 Å². The van der Waals surface area contributed by atoms with Crippen molar-refractivity contribution in [3.63, 3.8) is 0 Å². The fourth-order valence-corrected chi connectivity index (χ4v) is 2.69. The summed E-state index contributed by atoms with van der Waals surface area (Å²) < 4.78 is 31.8. The first-order valence-corrected chi connectivity index (χ1v) is 7.35. The Balaban J connectivity index is 2.73. The van der Waals surface area contributed by atoms with Crippen LogP contribution < -0.4 is 10.0 Å². The van der Waals surface area contributed by atoms with Crippen LogP contribution in [0.1, 0.15) is 13.8 Å². The number of anilines is 1. The maximum atomic E-state index is 12.0. The highest BCUT2D eigenvalue weighted by Crippen LogP contribution is 2.13. The molecule has 1 unspecified atom stereocenters. The van der Waals surface area contributed by atoms with Gasteiger partial charge in [-0.1, -0.05) is 0 Å². The smallest absolute Gasteiger partial charge is 0.240 e. The van der Waals surface area contributed by atoms with E-state index < -0.39 is 10.0 Å². The molecule has 0 heterocycles. The van der Waals surface area contributed by atoms with Gasteiger partial charge in [-0.25, -0.2) is 13.1 Å². The molecule has 0 spiro atoms. The van der Waals surface area contributed by atoms with Gasteiger partial charge in [-0.15, -0.1) is 0 Å². The van der Waals surface area contributed by atoms with Crippen molar-refractivity contribution in [2.75, 3.05) is 25.6 Å². The first-order chi connectivity index (χ1) is 8.49. The zero-order valence-electron chi connectivity index (χ0n) is 10.9. The number of ether oxygens (including phenoxy) is 1. The number of rotatable bonds is 7. The molecule has 0 fully saturated rings. The minimum atomic E-state index is -3.47. The molecule has 0 bridgehead atoms. The van der Waals surface area contributed by atoms with Gasteiger partial charge in [-0.2, -0.15) is 0 Å². The fraction of sp³-hybridized carbons (Fsp3) is 0.500. The zero-order chi connectivity index (χ0) is 13.6. The molecule has 1 rings (SSSR count). The molecule has 0 aliphatic rings. The summed E-state index contributed by atoms with van der Waals surface area (Å²) >= 11 is 0. The summed E-state index contributed by atoms with van der Waals surface area (Å²) in [5.74, 6) is 0. The lowest BCUT2D eigenvalue weighted by Crippen LogP contribution is -2.35. The van der Waals surface area contributed by atoms with Crippen molar-refractivity contribution in [3.8, 4) is 0 Å². The molecule has 102 valence electrons. The summed E-state index contributed by atoms with van der Waals surface area (Å²) in [5, 5.41) is 2.94. The Hall–Kier alpha value is -1.11. The van der Waals surface area contributed by atoms with Gasteiger partial charge in [-0.3, -0.25) is 0 Å². The molecule has 0 saturated heterocycles. The van der Waals surface area contributed by atoms with E-state index in [0.717, 1.165) is 5.69 Å². The van der Waals surface area contributed by atoms with Gasteiger partial charge in [0.2, 0.25) is 10.0 Å². The molecule has 0 aromatic heterocycles. The van der Waals surface area contributed by atoms with Gasteiger partial charge in [0.25, 0.3) is 0 Å². The first kappa shape index (κ1) is 14.9. The van der Waals surface area contributed by atoms with Gasteiger partial charge in [-0.05, 0) is 38.1 Å². The topological polar surface area (TPSA) is 67.4 Å². The van der Waals surface area contributed by atoms with Crippen molar-refractivity contribution in [3.05, 3.63) is 24.3 Å².